The van der Waals surface area contributed by atoms with Gasteiger partial charge in [-0.1, -0.05) is 29.8 Å². The van der Waals surface area contributed by atoms with Gasteiger partial charge >= 0.3 is 0 Å². The van der Waals surface area contributed by atoms with Crippen LogP contribution in [0.2, 0.25) is 0 Å². The number of benzene rings is 1. The van der Waals surface area contributed by atoms with Gasteiger partial charge in [-0.15, -0.1) is 0 Å². The van der Waals surface area contributed by atoms with E-state index < -0.39 is 0 Å². The quantitative estimate of drug-likeness (QED) is 0.602. The lowest BCUT2D eigenvalue weighted by Crippen LogP contribution is -2.13. The van der Waals surface area contributed by atoms with Gasteiger partial charge < -0.3 is 5.43 Å². The molecule has 0 aromatic heterocycles. The van der Waals surface area contributed by atoms with Gasteiger partial charge in [-0.2, -0.15) is 5.10 Å². The SMILES string of the molecule is CC(=O)/C(C)=N/NCc1ccc(C)cc1. The molecule has 0 bridgehead atoms. The van der Waals surface area contributed by atoms with E-state index in [1.165, 1.54) is 12.5 Å². The third-order valence-corrected chi connectivity index (χ3v) is 2.16. The number of nitrogens with one attached hydrogen (secondary N) is 1. The number of carbonyl (C=O) groups excluding carboxylic acids is 1. The molecule has 0 saturated carbocycles. The molecule has 1 rings (SSSR count). The lowest BCUT2D eigenvalue weighted by atomic mass is 10.1. The van der Waals surface area contributed by atoms with Crippen molar-refractivity contribution in [3.05, 3.63) is 35.4 Å². The number of nitrogens with zero attached hydrogens (tertiary/aromatic N) is 1. The maximum atomic E-state index is 10.9. The van der Waals surface area contributed by atoms with Gasteiger partial charge in [-0.25, -0.2) is 0 Å². The van der Waals surface area contributed by atoms with E-state index in [9.17, 15) is 4.79 Å². The Morgan fingerprint density at radius 3 is 2.40 bits per heavy atom. The first-order valence-corrected chi connectivity index (χ1v) is 4.93. The molecule has 0 aliphatic heterocycles. The molecule has 1 aromatic rings. The summed E-state index contributed by atoms with van der Waals surface area (Å²) in [6, 6.07) is 8.19. The fraction of sp³-hybridized carbons (Fsp3) is 0.333. The molecule has 0 heterocycles. The first-order chi connectivity index (χ1) is 7.09. The van der Waals surface area contributed by atoms with Crippen LogP contribution in [0.5, 0.6) is 0 Å². The van der Waals surface area contributed by atoms with Crippen LogP contribution in [0.3, 0.4) is 0 Å². The summed E-state index contributed by atoms with van der Waals surface area (Å²) in [5.41, 5.74) is 5.76. The highest BCUT2D eigenvalue weighted by Crippen LogP contribution is 2.02. The van der Waals surface area contributed by atoms with Crippen molar-refractivity contribution in [1.29, 1.82) is 0 Å². The van der Waals surface area contributed by atoms with Crippen LogP contribution in [0.25, 0.3) is 0 Å². The van der Waals surface area contributed by atoms with E-state index in [0.717, 1.165) is 5.56 Å². The normalized spacial score (nSPS) is 11.3. The van der Waals surface area contributed by atoms with Gasteiger partial charge in [-0.3, -0.25) is 4.79 Å². The molecule has 15 heavy (non-hydrogen) atoms. The molecule has 0 aliphatic rings. The summed E-state index contributed by atoms with van der Waals surface area (Å²) in [6.45, 7) is 5.90. The number of hydrazone groups is 1. The van der Waals surface area contributed by atoms with E-state index in [2.05, 4.69) is 29.6 Å². The smallest absolute Gasteiger partial charge is 0.175 e. The number of hydrogen-bond donors (Lipinski definition) is 1. The summed E-state index contributed by atoms with van der Waals surface area (Å²) in [5, 5.41) is 3.96. The summed E-state index contributed by atoms with van der Waals surface area (Å²) in [6.07, 6.45) is 0. The van der Waals surface area contributed by atoms with Crippen LogP contribution in [0.15, 0.2) is 29.4 Å². The van der Waals surface area contributed by atoms with Crippen LogP contribution in [-0.2, 0) is 11.3 Å². The van der Waals surface area contributed by atoms with Crippen molar-refractivity contribution >= 4 is 11.5 Å². The summed E-state index contributed by atoms with van der Waals surface area (Å²) < 4.78 is 0. The van der Waals surface area contributed by atoms with Crippen LogP contribution >= 0.6 is 0 Å². The molecule has 3 heteroatoms. The van der Waals surface area contributed by atoms with Crippen LogP contribution in [0.4, 0.5) is 0 Å². The first-order valence-electron chi connectivity index (χ1n) is 4.93. The number of rotatable bonds is 4. The van der Waals surface area contributed by atoms with Gasteiger partial charge in [-0.05, 0) is 19.4 Å². The molecular weight excluding hydrogens is 188 g/mol. The Bertz CT molecular complexity index is 366. The van der Waals surface area contributed by atoms with Crippen molar-refractivity contribution in [2.75, 3.05) is 0 Å². The molecule has 0 unspecified atom stereocenters. The second-order valence-corrected chi connectivity index (χ2v) is 3.57. The maximum Gasteiger partial charge on any atom is 0.175 e. The molecule has 0 radical (unpaired) electrons. The summed E-state index contributed by atoms with van der Waals surface area (Å²) in [7, 11) is 0. The van der Waals surface area contributed by atoms with Gasteiger partial charge in [0.1, 0.15) is 0 Å². The fourth-order valence-corrected chi connectivity index (χ4v) is 1.03. The highest BCUT2D eigenvalue weighted by Gasteiger charge is 1.96. The third kappa shape index (κ3) is 3.94. The average molecular weight is 204 g/mol. The minimum Gasteiger partial charge on any atom is -0.305 e. The fourth-order valence-electron chi connectivity index (χ4n) is 1.03. The van der Waals surface area contributed by atoms with E-state index in [-0.39, 0.29) is 5.78 Å². The average Bonchev–Trinajstić information content (AvgIpc) is 2.20. The van der Waals surface area contributed by atoms with E-state index in [4.69, 9.17) is 0 Å². The predicted octanol–water partition coefficient (Wildman–Crippen LogP) is 2.05. The molecule has 0 atom stereocenters. The van der Waals surface area contributed by atoms with Crippen LogP contribution < -0.4 is 5.43 Å². The number of hydrogen-bond acceptors (Lipinski definition) is 3. The molecule has 3 nitrogen and oxygen atoms in total. The van der Waals surface area contributed by atoms with Gasteiger partial charge in [0.05, 0.1) is 12.3 Å². The first kappa shape index (κ1) is 11.4. The molecular formula is C12H16N2O. The lowest BCUT2D eigenvalue weighted by Gasteiger charge is -2.02. The summed E-state index contributed by atoms with van der Waals surface area (Å²) >= 11 is 0. The number of Topliss-reactive ketones (excluding diaryl/α,β-unsaturated/α-hetero) is 1. The minimum absolute atomic E-state index is 0.00796. The van der Waals surface area contributed by atoms with Crippen molar-refractivity contribution in [2.45, 2.75) is 27.3 Å². The Balaban J connectivity index is 2.48. The van der Waals surface area contributed by atoms with E-state index in [0.29, 0.717) is 12.3 Å². The second kappa shape index (κ2) is 5.29. The standard InChI is InChI=1S/C12H16N2O/c1-9-4-6-12(7-5-9)8-13-14-10(2)11(3)15/h4-7,13H,8H2,1-3H3/b14-10+. The zero-order valence-corrected chi connectivity index (χ0v) is 9.37. The molecule has 1 N–H and O–H groups in total. The van der Waals surface area contributed by atoms with E-state index in [1.54, 1.807) is 6.92 Å². The maximum absolute atomic E-state index is 10.9. The van der Waals surface area contributed by atoms with Gasteiger partial charge in [0, 0.05) is 6.92 Å². The van der Waals surface area contributed by atoms with Crippen molar-refractivity contribution < 1.29 is 4.79 Å². The summed E-state index contributed by atoms with van der Waals surface area (Å²) in [5.74, 6) is -0.00796. The molecule has 1 aromatic carbocycles. The lowest BCUT2D eigenvalue weighted by molar-refractivity contribution is -0.111. The molecule has 0 aliphatic carbocycles. The van der Waals surface area contributed by atoms with Gasteiger partial charge in [0.2, 0.25) is 0 Å². The van der Waals surface area contributed by atoms with E-state index in [1.807, 2.05) is 12.1 Å². The van der Waals surface area contributed by atoms with E-state index >= 15 is 0 Å². The van der Waals surface area contributed by atoms with Crippen molar-refractivity contribution in [1.82, 2.24) is 5.43 Å². The molecule has 0 saturated heterocycles. The van der Waals surface area contributed by atoms with Crippen LogP contribution in [0.1, 0.15) is 25.0 Å². The van der Waals surface area contributed by atoms with Gasteiger partial charge in [0.25, 0.3) is 0 Å². The Labute approximate surface area is 90.2 Å². The Hall–Kier alpha value is -1.64. The molecule has 80 valence electrons. The van der Waals surface area contributed by atoms with Crippen LogP contribution in [0, 0.1) is 6.92 Å². The number of ketones is 1. The summed E-state index contributed by atoms with van der Waals surface area (Å²) in [4.78, 5) is 10.9. The highest BCUT2D eigenvalue weighted by molar-refractivity contribution is 6.37. The zero-order valence-electron chi connectivity index (χ0n) is 9.37. The van der Waals surface area contributed by atoms with Crippen molar-refractivity contribution in [2.24, 2.45) is 5.10 Å². The second-order valence-electron chi connectivity index (χ2n) is 3.57. The Morgan fingerprint density at radius 1 is 1.27 bits per heavy atom. The van der Waals surface area contributed by atoms with Crippen molar-refractivity contribution in [3.63, 3.8) is 0 Å². The zero-order chi connectivity index (χ0) is 11.3. The number of aryl methyl sites for hydroxylation is 1. The monoisotopic (exact) mass is 204 g/mol. The van der Waals surface area contributed by atoms with Crippen molar-refractivity contribution in [3.8, 4) is 0 Å². The predicted molar refractivity (Wildman–Crippen MR) is 61.8 cm³/mol. The Morgan fingerprint density at radius 2 is 1.87 bits per heavy atom. The number of carbonyl (C=O) groups is 1. The molecule has 0 fully saturated rings. The highest BCUT2D eigenvalue weighted by atomic mass is 16.1. The topological polar surface area (TPSA) is 41.5 Å². The minimum atomic E-state index is -0.00796. The molecule has 0 amide bonds. The Kier molecular flexibility index (Phi) is 4.03. The largest absolute Gasteiger partial charge is 0.305 e. The van der Waals surface area contributed by atoms with Crippen LogP contribution in [-0.4, -0.2) is 11.5 Å². The molecule has 0 spiro atoms. The third-order valence-electron chi connectivity index (χ3n) is 2.16. The van der Waals surface area contributed by atoms with Gasteiger partial charge in [0.15, 0.2) is 5.78 Å².